The molecule has 2 heterocycles. The average Bonchev–Trinajstić information content (AvgIpc) is 3.08. The van der Waals surface area contributed by atoms with Gasteiger partial charge in [-0.05, 0) is 35.9 Å². The maximum atomic E-state index is 11.9. The highest BCUT2D eigenvalue weighted by Gasteiger charge is 2.15. The molecule has 4 rings (SSSR count). The summed E-state index contributed by atoms with van der Waals surface area (Å²) in [5, 5.41) is 5.34. The van der Waals surface area contributed by atoms with E-state index < -0.39 is 10.0 Å². The summed E-state index contributed by atoms with van der Waals surface area (Å²) in [4.78, 5) is 11.7. The van der Waals surface area contributed by atoms with Crippen LogP contribution >= 0.6 is 0 Å². The molecular formula is C19H16N4O3S. The molecule has 0 saturated heterocycles. The Morgan fingerprint density at radius 1 is 1.04 bits per heavy atom. The van der Waals surface area contributed by atoms with Gasteiger partial charge in [-0.15, -0.1) is 0 Å². The monoisotopic (exact) mass is 380 g/mol. The second-order valence-corrected chi connectivity index (χ2v) is 7.46. The van der Waals surface area contributed by atoms with Crippen LogP contribution in [0.1, 0.15) is 5.82 Å². The molecule has 8 heteroatoms. The predicted molar refractivity (Wildman–Crippen MR) is 101 cm³/mol. The first-order chi connectivity index (χ1) is 13.0. The SMILES string of the molecule is NS(=O)(=O)c1ccccc1-c1ccc2nc(COc3ccncc3)[nH]c2c1. The van der Waals surface area contributed by atoms with Gasteiger partial charge in [0.2, 0.25) is 10.0 Å². The Kier molecular flexibility index (Phi) is 4.35. The van der Waals surface area contributed by atoms with Gasteiger partial charge >= 0.3 is 0 Å². The Labute approximate surface area is 155 Å². The zero-order valence-corrected chi connectivity index (χ0v) is 15.0. The van der Waals surface area contributed by atoms with Crippen LogP contribution in [-0.2, 0) is 16.6 Å². The molecule has 0 radical (unpaired) electrons. The third kappa shape index (κ3) is 3.67. The lowest BCUT2D eigenvalue weighted by molar-refractivity contribution is 0.297. The predicted octanol–water partition coefficient (Wildman–Crippen LogP) is 2.85. The molecule has 0 atom stereocenters. The van der Waals surface area contributed by atoms with Gasteiger partial charge in [-0.25, -0.2) is 18.5 Å². The number of benzene rings is 2. The van der Waals surface area contributed by atoms with E-state index in [1.807, 2.05) is 18.2 Å². The van der Waals surface area contributed by atoms with Gasteiger partial charge in [-0.3, -0.25) is 4.98 Å². The number of hydrogen-bond donors (Lipinski definition) is 2. The van der Waals surface area contributed by atoms with E-state index in [4.69, 9.17) is 9.88 Å². The number of fused-ring (bicyclic) bond motifs is 1. The van der Waals surface area contributed by atoms with Crippen molar-refractivity contribution >= 4 is 21.1 Å². The van der Waals surface area contributed by atoms with Gasteiger partial charge in [0.25, 0.3) is 0 Å². The number of primary sulfonamides is 1. The quantitative estimate of drug-likeness (QED) is 0.553. The van der Waals surface area contributed by atoms with Crippen LogP contribution < -0.4 is 9.88 Å². The van der Waals surface area contributed by atoms with Crippen LogP contribution in [0.3, 0.4) is 0 Å². The molecule has 2 aromatic carbocycles. The molecule has 0 aliphatic heterocycles. The van der Waals surface area contributed by atoms with Gasteiger partial charge < -0.3 is 9.72 Å². The van der Waals surface area contributed by atoms with Crippen molar-refractivity contribution in [3.05, 3.63) is 72.8 Å². The van der Waals surface area contributed by atoms with Gasteiger partial charge in [0.15, 0.2) is 0 Å². The maximum Gasteiger partial charge on any atom is 0.238 e. The van der Waals surface area contributed by atoms with E-state index in [9.17, 15) is 8.42 Å². The lowest BCUT2D eigenvalue weighted by Gasteiger charge is -2.07. The van der Waals surface area contributed by atoms with Crippen molar-refractivity contribution in [1.82, 2.24) is 15.0 Å². The number of pyridine rings is 1. The fraction of sp³-hybridized carbons (Fsp3) is 0.0526. The molecule has 0 aliphatic carbocycles. The third-order valence-electron chi connectivity index (χ3n) is 4.06. The number of rotatable bonds is 5. The summed E-state index contributed by atoms with van der Waals surface area (Å²) in [5.74, 6) is 1.37. The second kappa shape index (κ2) is 6.82. The number of nitrogens with zero attached hydrogens (tertiary/aromatic N) is 2. The first kappa shape index (κ1) is 17.2. The fourth-order valence-electron chi connectivity index (χ4n) is 2.84. The normalized spacial score (nSPS) is 11.6. The van der Waals surface area contributed by atoms with Crippen molar-refractivity contribution in [2.75, 3.05) is 0 Å². The number of H-pyrrole nitrogens is 1. The minimum atomic E-state index is -3.82. The molecular weight excluding hydrogens is 364 g/mol. The van der Waals surface area contributed by atoms with Crippen LogP contribution in [0.5, 0.6) is 5.75 Å². The van der Waals surface area contributed by atoms with E-state index in [0.29, 0.717) is 17.1 Å². The smallest absolute Gasteiger partial charge is 0.238 e. The number of nitrogens with one attached hydrogen (secondary N) is 1. The van der Waals surface area contributed by atoms with E-state index in [-0.39, 0.29) is 11.5 Å². The zero-order chi connectivity index (χ0) is 18.9. The van der Waals surface area contributed by atoms with Crippen LogP contribution in [0.4, 0.5) is 0 Å². The third-order valence-corrected chi connectivity index (χ3v) is 5.03. The minimum absolute atomic E-state index is 0.0881. The highest BCUT2D eigenvalue weighted by Crippen LogP contribution is 2.28. The lowest BCUT2D eigenvalue weighted by atomic mass is 10.1. The summed E-state index contributed by atoms with van der Waals surface area (Å²) in [6, 6.07) is 15.7. The molecule has 0 aliphatic rings. The molecule has 7 nitrogen and oxygen atoms in total. The Balaban J connectivity index is 1.66. The van der Waals surface area contributed by atoms with Gasteiger partial charge in [0, 0.05) is 18.0 Å². The Morgan fingerprint density at radius 2 is 1.81 bits per heavy atom. The number of nitrogens with two attached hydrogens (primary N) is 1. The highest BCUT2D eigenvalue weighted by atomic mass is 32.2. The number of aromatic nitrogens is 3. The lowest BCUT2D eigenvalue weighted by Crippen LogP contribution is -2.13. The van der Waals surface area contributed by atoms with Crippen LogP contribution in [0.2, 0.25) is 0 Å². The summed E-state index contributed by atoms with van der Waals surface area (Å²) in [6.45, 7) is 0.280. The molecule has 136 valence electrons. The standard InChI is InChI=1S/C19H16N4O3S/c20-27(24,25)18-4-2-1-3-15(18)13-5-6-16-17(11-13)23-19(22-16)12-26-14-7-9-21-10-8-14/h1-11H,12H2,(H,22,23)(H2,20,24,25). The molecule has 2 aromatic heterocycles. The van der Waals surface area contributed by atoms with Crippen molar-refractivity contribution in [1.29, 1.82) is 0 Å². The van der Waals surface area contributed by atoms with E-state index >= 15 is 0 Å². The molecule has 0 saturated carbocycles. The number of aromatic amines is 1. The zero-order valence-electron chi connectivity index (χ0n) is 14.2. The Morgan fingerprint density at radius 3 is 2.59 bits per heavy atom. The van der Waals surface area contributed by atoms with E-state index in [1.54, 1.807) is 42.7 Å². The van der Waals surface area contributed by atoms with Crippen molar-refractivity contribution in [2.24, 2.45) is 5.14 Å². The molecule has 27 heavy (non-hydrogen) atoms. The average molecular weight is 380 g/mol. The highest BCUT2D eigenvalue weighted by molar-refractivity contribution is 7.89. The molecule has 4 aromatic rings. The molecule has 0 fully saturated rings. The van der Waals surface area contributed by atoms with Crippen LogP contribution in [0, 0.1) is 0 Å². The van der Waals surface area contributed by atoms with E-state index in [2.05, 4.69) is 15.0 Å². The summed E-state index contributed by atoms with van der Waals surface area (Å²) < 4.78 is 29.4. The van der Waals surface area contributed by atoms with Gasteiger partial charge in [0.1, 0.15) is 18.2 Å². The van der Waals surface area contributed by atoms with Crippen molar-refractivity contribution in [3.63, 3.8) is 0 Å². The van der Waals surface area contributed by atoms with Crippen LogP contribution in [-0.4, -0.2) is 23.4 Å². The Hall–Kier alpha value is -3.23. The number of sulfonamides is 1. The fourth-order valence-corrected chi connectivity index (χ4v) is 3.60. The number of ether oxygens (including phenoxy) is 1. The maximum absolute atomic E-state index is 11.9. The van der Waals surface area contributed by atoms with Crippen LogP contribution in [0.25, 0.3) is 22.2 Å². The molecule has 0 unspecified atom stereocenters. The largest absolute Gasteiger partial charge is 0.486 e. The summed E-state index contributed by atoms with van der Waals surface area (Å²) >= 11 is 0. The van der Waals surface area contributed by atoms with Crippen molar-refractivity contribution < 1.29 is 13.2 Å². The summed E-state index contributed by atoms with van der Waals surface area (Å²) in [5.41, 5.74) is 2.83. The summed E-state index contributed by atoms with van der Waals surface area (Å²) in [7, 11) is -3.82. The molecule has 0 amide bonds. The molecule has 3 N–H and O–H groups in total. The number of hydrogen-bond acceptors (Lipinski definition) is 5. The minimum Gasteiger partial charge on any atom is -0.486 e. The van der Waals surface area contributed by atoms with E-state index in [1.165, 1.54) is 6.07 Å². The van der Waals surface area contributed by atoms with Gasteiger partial charge in [0.05, 0.1) is 15.9 Å². The molecule has 0 bridgehead atoms. The van der Waals surface area contributed by atoms with Crippen LogP contribution in [0.15, 0.2) is 71.9 Å². The van der Waals surface area contributed by atoms with Gasteiger partial charge in [-0.2, -0.15) is 0 Å². The van der Waals surface area contributed by atoms with Crippen molar-refractivity contribution in [2.45, 2.75) is 11.5 Å². The van der Waals surface area contributed by atoms with Gasteiger partial charge in [-0.1, -0.05) is 24.3 Å². The number of imidazole rings is 1. The topological polar surface area (TPSA) is 111 Å². The first-order valence-corrected chi connectivity index (χ1v) is 9.69. The van der Waals surface area contributed by atoms with Crippen molar-refractivity contribution in [3.8, 4) is 16.9 Å². The summed E-state index contributed by atoms with van der Waals surface area (Å²) in [6.07, 6.45) is 3.31. The second-order valence-electron chi connectivity index (χ2n) is 5.93. The van der Waals surface area contributed by atoms with E-state index in [0.717, 1.165) is 16.6 Å². The molecule has 0 spiro atoms. The Bertz CT molecular complexity index is 1200. The first-order valence-electron chi connectivity index (χ1n) is 8.14.